The summed E-state index contributed by atoms with van der Waals surface area (Å²) >= 11 is 3.39. The molecule has 1 aliphatic carbocycles. The highest BCUT2D eigenvalue weighted by Crippen LogP contribution is 2.49. The molecule has 1 aliphatic rings. The Morgan fingerprint density at radius 1 is 1.12 bits per heavy atom. The first-order valence-electron chi connectivity index (χ1n) is 8.06. The molecule has 0 aliphatic heterocycles. The summed E-state index contributed by atoms with van der Waals surface area (Å²) in [4.78, 5) is 14.5. The van der Waals surface area contributed by atoms with E-state index in [1.165, 1.54) is 24.3 Å². The van der Waals surface area contributed by atoms with Gasteiger partial charge in [-0.1, -0.05) is 40.2 Å². The average Bonchev–Trinajstić information content (AvgIpc) is 3.37. The van der Waals surface area contributed by atoms with E-state index in [4.69, 9.17) is 0 Å². The van der Waals surface area contributed by atoms with Crippen LogP contribution in [0.2, 0.25) is 0 Å². The molecule has 2 aromatic rings. The summed E-state index contributed by atoms with van der Waals surface area (Å²) in [7, 11) is 1.71. The van der Waals surface area contributed by atoms with E-state index in [2.05, 4.69) is 20.7 Å². The second-order valence-electron chi connectivity index (χ2n) is 6.44. The van der Waals surface area contributed by atoms with Crippen LogP contribution in [0.4, 0.5) is 13.2 Å². The molecule has 0 spiro atoms. The lowest BCUT2D eigenvalue weighted by Gasteiger charge is -2.24. The largest absolute Gasteiger partial charge is 0.573 e. The SMILES string of the molecule is CN(Cc1ccc(OC(F)(F)F)cc1)C(=O)C1(c2ccc(Br)cc2)CC1. The molecule has 0 heterocycles. The molecule has 0 bridgehead atoms. The number of amides is 1. The number of rotatable bonds is 5. The summed E-state index contributed by atoms with van der Waals surface area (Å²) in [5.41, 5.74) is 1.25. The fraction of sp³-hybridized carbons (Fsp3) is 0.316. The third-order valence-electron chi connectivity index (χ3n) is 4.48. The van der Waals surface area contributed by atoms with Gasteiger partial charge in [0.2, 0.25) is 5.91 Å². The Bertz CT molecular complexity index is 784. The van der Waals surface area contributed by atoms with Gasteiger partial charge in [0, 0.05) is 18.1 Å². The zero-order valence-corrected chi connectivity index (χ0v) is 15.6. The quantitative estimate of drug-likeness (QED) is 0.668. The van der Waals surface area contributed by atoms with E-state index in [0.717, 1.165) is 28.4 Å². The second-order valence-corrected chi connectivity index (χ2v) is 7.36. The number of benzene rings is 2. The van der Waals surface area contributed by atoms with Gasteiger partial charge in [0.25, 0.3) is 0 Å². The lowest BCUT2D eigenvalue weighted by Crippen LogP contribution is -2.36. The number of alkyl halides is 3. The maximum atomic E-state index is 12.9. The van der Waals surface area contributed by atoms with Crippen molar-refractivity contribution in [2.75, 3.05) is 7.05 Å². The number of carbonyl (C=O) groups is 1. The zero-order chi connectivity index (χ0) is 18.9. The molecule has 138 valence electrons. The fourth-order valence-electron chi connectivity index (χ4n) is 3.03. The topological polar surface area (TPSA) is 29.5 Å². The van der Waals surface area contributed by atoms with Crippen LogP contribution in [0, 0.1) is 0 Å². The summed E-state index contributed by atoms with van der Waals surface area (Å²) in [5.74, 6) is -0.251. The molecule has 1 saturated carbocycles. The number of ether oxygens (including phenoxy) is 1. The fourth-order valence-corrected chi connectivity index (χ4v) is 3.29. The van der Waals surface area contributed by atoms with Crippen molar-refractivity contribution >= 4 is 21.8 Å². The summed E-state index contributed by atoms with van der Waals surface area (Å²) in [6.07, 6.45) is -3.11. The van der Waals surface area contributed by atoms with Crippen LogP contribution >= 0.6 is 15.9 Å². The minimum absolute atomic E-state index is 0.0236. The number of hydrogen-bond donors (Lipinski definition) is 0. The Morgan fingerprint density at radius 2 is 1.69 bits per heavy atom. The van der Waals surface area contributed by atoms with Gasteiger partial charge in [-0.15, -0.1) is 13.2 Å². The molecule has 0 aromatic heterocycles. The number of hydrogen-bond acceptors (Lipinski definition) is 2. The Balaban J connectivity index is 1.67. The van der Waals surface area contributed by atoms with Crippen molar-refractivity contribution in [1.82, 2.24) is 4.90 Å². The van der Waals surface area contributed by atoms with Crippen molar-refractivity contribution in [3.8, 4) is 5.75 Å². The van der Waals surface area contributed by atoms with E-state index >= 15 is 0 Å². The highest BCUT2D eigenvalue weighted by atomic mass is 79.9. The van der Waals surface area contributed by atoms with E-state index in [0.29, 0.717) is 6.54 Å². The molecule has 7 heteroatoms. The van der Waals surface area contributed by atoms with Crippen LogP contribution in [-0.4, -0.2) is 24.2 Å². The normalized spacial score (nSPS) is 15.4. The highest BCUT2D eigenvalue weighted by Gasteiger charge is 2.52. The van der Waals surface area contributed by atoms with Gasteiger partial charge >= 0.3 is 6.36 Å². The summed E-state index contributed by atoms with van der Waals surface area (Å²) < 4.78 is 41.4. The van der Waals surface area contributed by atoms with Gasteiger partial charge < -0.3 is 9.64 Å². The lowest BCUT2D eigenvalue weighted by molar-refractivity contribution is -0.274. The molecule has 1 fully saturated rings. The smallest absolute Gasteiger partial charge is 0.406 e. The number of carbonyl (C=O) groups excluding carboxylic acids is 1. The predicted octanol–water partition coefficient (Wildman–Crippen LogP) is 5.04. The molecule has 0 N–H and O–H groups in total. The molecule has 0 saturated heterocycles. The average molecular weight is 428 g/mol. The first kappa shape index (κ1) is 18.8. The molecule has 3 nitrogen and oxygen atoms in total. The molecular formula is C19H17BrF3NO2. The van der Waals surface area contributed by atoms with Gasteiger partial charge in [-0.3, -0.25) is 4.79 Å². The van der Waals surface area contributed by atoms with E-state index in [9.17, 15) is 18.0 Å². The van der Waals surface area contributed by atoms with E-state index in [1.807, 2.05) is 24.3 Å². The van der Waals surface area contributed by atoms with E-state index in [-0.39, 0.29) is 11.7 Å². The lowest BCUT2D eigenvalue weighted by atomic mass is 9.94. The molecule has 0 radical (unpaired) electrons. The number of nitrogens with zero attached hydrogens (tertiary/aromatic N) is 1. The third-order valence-corrected chi connectivity index (χ3v) is 5.01. The monoisotopic (exact) mass is 427 g/mol. The molecule has 3 rings (SSSR count). The molecule has 0 unspecified atom stereocenters. The first-order valence-corrected chi connectivity index (χ1v) is 8.85. The Labute approximate surface area is 157 Å². The maximum Gasteiger partial charge on any atom is 0.573 e. The van der Waals surface area contributed by atoms with Crippen molar-refractivity contribution in [1.29, 1.82) is 0 Å². The zero-order valence-electron chi connectivity index (χ0n) is 14.0. The minimum Gasteiger partial charge on any atom is -0.406 e. The van der Waals surface area contributed by atoms with E-state index < -0.39 is 11.8 Å². The van der Waals surface area contributed by atoms with Crippen LogP contribution in [0.3, 0.4) is 0 Å². The Kier molecular flexibility index (Phi) is 5.01. The van der Waals surface area contributed by atoms with Crippen molar-refractivity contribution in [2.24, 2.45) is 0 Å². The van der Waals surface area contributed by atoms with Gasteiger partial charge in [0.1, 0.15) is 5.75 Å². The van der Waals surface area contributed by atoms with E-state index in [1.54, 1.807) is 11.9 Å². The molecule has 0 atom stereocenters. The molecule has 26 heavy (non-hydrogen) atoms. The standard InChI is InChI=1S/C19H17BrF3NO2/c1-24(12-13-2-8-16(9-3-13)26-19(21,22)23)17(25)18(10-11-18)14-4-6-15(20)7-5-14/h2-9H,10-12H2,1H3. The van der Waals surface area contributed by atoms with Gasteiger partial charge in [-0.2, -0.15) is 0 Å². The van der Waals surface area contributed by atoms with Crippen LogP contribution in [0.1, 0.15) is 24.0 Å². The molecule has 2 aromatic carbocycles. The number of halogens is 4. The van der Waals surface area contributed by atoms with Gasteiger partial charge in [-0.25, -0.2) is 0 Å². The summed E-state index contributed by atoms with van der Waals surface area (Å²) in [5, 5.41) is 0. The van der Waals surface area contributed by atoms with Crippen molar-refractivity contribution < 1.29 is 22.7 Å². The number of likely N-dealkylation sites (N-methyl/N-ethyl adjacent to an activating group) is 1. The highest BCUT2D eigenvalue weighted by molar-refractivity contribution is 9.10. The van der Waals surface area contributed by atoms with Gasteiger partial charge in [0.05, 0.1) is 5.41 Å². The first-order chi connectivity index (χ1) is 12.2. The predicted molar refractivity (Wildman–Crippen MR) is 94.7 cm³/mol. The Morgan fingerprint density at radius 3 is 2.19 bits per heavy atom. The van der Waals surface area contributed by atoms with Crippen molar-refractivity contribution in [2.45, 2.75) is 31.2 Å². The Hall–Kier alpha value is -2.02. The van der Waals surface area contributed by atoms with Crippen LogP contribution in [0.15, 0.2) is 53.0 Å². The maximum absolute atomic E-state index is 12.9. The summed E-state index contributed by atoms with van der Waals surface area (Å²) in [6.45, 7) is 0.323. The molecule has 1 amide bonds. The van der Waals surface area contributed by atoms with Crippen LogP contribution < -0.4 is 4.74 Å². The van der Waals surface area contributed by atoms with Crippen LogP contribution in [0.5, 0.6) is 5.75 Å². The van der Waals surface area contributed by atoms with Crippen LogP contribution in [0.25, 0.3) is 0 Å². The minimum atomic E-state index is -4.71. The van der Waals surface area contributed by atoms with Gasteiger partial charge in [0.15, 0.2) is 0 Å². The van der Waals surface area contributed by atoms with Crippen molar-refractivity contribution in [3.05, 3.63) is 64.1 Å². The molecular weight excluding hydrogens is 411 g/mol. The summed E-state index contributed by atoms with van der Waals surface area (Å²) in [6, 6.07) is 13.3. The van der Waals surface area contributed by atoms with Crippen molar-refractivity contribution in [3.63, 3.8) is 0 Å². The van der Waals surface area contributed by atoms with Crippen LogP contribution in [-0.2, 0) is 16.8 Å². The van der Waals surface area contributed by atoms with Gasteiger partial charge in [-0.05, 0) is 48.2 Å². The second kappa shape index (κ2) is 6.95. The third kappa shape index (κ3) is 4.20.